The van der Waals surface area contributed by atoms with Gasteiger partial charge in [-0.15, -0.1) is 12.4 Å². The predicted molar refractivity (Wildman–Crippen MR) is 91.6 cm³/mol. The Morgan fingerprint density at radius 2 is 2.17 bits per heavy atom. The number of benzene rings is 1. The molecule has 0 saturated carbocycles. The molecule has 1 aromatic carbocycles. The van der Waals surface area contributed by atoms with Crippen LogP contribution in [-0.2, 0) is 21.2 Å². The Hall–Kier alpha value is -1.15. The number of carbonyl (C=O) groups is 1. The number of fused-ring (bicyclic) bond motifs is 1. The van der Waals surface area contributed by atoms with Gasteiger partial charge in [-0.3, -0.25) is 4.79 Å². The van der Waals surface area contributed by atoms with E-state index in [1.54, 1.807) is 17.0 Å². The summed E-state index contributed by atoms with van der Waals surface area (Å²) in [6.07, 6.45) is 2.58. The second-order valence-electron chi connectivity index (χ2n) is 5.88. The number of nitrogens with one attached hydrogen (secondary N) is 2. The lowest BCUT2D eigenvalue weighted by atomic mass is 10.0. The minimum atomic E-state index is -3.55. The minimum Gasteiger partial charge on any atom is -0.315 e. The summed E-state index contributed by atoms with van der Waals surface area (Å²) in [5.74, 6) is -0.0524. The second-order valence-corrected chi connectivity index (χ2v) is 7.59. The maximum atomic E-state index is 12.5. The van der Waals surface area contributed by atoms with Crippen molar-refractivity contribution in [2.75, 3.05) is 24.5 Å². The van der Waals surface area contributed by atoms with Gasteiger partial charge in [0.15, 0.2) is 0 Å². The van der Waals surface area contributed by atoms with Gasteiger partial charge in [-0.1, -0.05) is 6.07 Å². The molecule has 6 nitrogen and oxygen atoms in total. The SMILES string of the molecule is CC(=O)N1CCCc2ccc(S(=O)(=O)NC3CCNC3)cc21.Cl. The van der Waals surface area contributed by atoms with Crippen LogP contribution in [0.1, 0.15) is 25.3 Å². The summed E-state index contributed by atoms with van der Waals surface area (Å²) in [5, 5.41) is 3.14. The molecular weight excluding hydrogens is 338 g/mol. The van der Waals surface area contributed by atoms with Crippen molar-refractivity contribution in [1.29, 1.82) is 0 Å². The summed E-state index contributed by atoms with van der Waals surface area (Å²) in [5.41, 5.74) is 1.76. The quantitative estimate of drug-likeness (QED) is 0.845. The molecule has 8 heteroatoms. The molecule has 1 fully saturated rings. The lowest BCUT2D eigenvalue weighted by Crippen LogP contribution is -2.37. The molecule has 0 aliphatic carbocycles. The van der Waals surface area contributed by atoms with Crippen molar-refractivity contribution >= 4 is 34.0 Å². The predicted octanol–water partition coefficient (Wildman–Crippen LogP) is 1.05. The monoisotopic (exact) mass is 359 g/mol. The van der Waals surface area contributed by atoms with Crippen molar-refractivity contribution in [3.05, 3.63) is 23.8 Å². The third-order valence-corrected chi connectivity index (χ3v) is 5.77. The van der Waals surface area contributed by atoms with Crippen LogP contribution in [0, 0.1) is 0 Å². The van der Waals surface area contributed by atoms with Gasteiger partial charge in [0, 0.05) is 31.7 Å². The smallest absolute Gasteiger partial charge is 0.240 e. The van der Waals surface area contributed by atoms with Crippen LogP contribution >= 0.6 is 12.4 Å². The molecular formula is C15H22ClN3O3S. The van der Waals surface area contributed by atoms with Gasteiger partial charge < -0.3 is 10.2 Å². The summed E-state index contributed by atoms with van der Waals surface area (Å²) in [7, 11) is -3.55. The molecule has 23 heavy (non-hydrogen) atoms. The molecule has 2 heterocycles. The third kappa shape index (κ3) is 3.85. The van der Waals surface area contributed by atoms with Gasteiger partial charge in [-0.25, -0.2) is 13.1 Å². The molecule has 0 bridgehead atoms. The molecule has 0 spiro atoms. The van der Waals surface area contributed by atoms with Crippen LogP contribution in [0.2, 0.25) is 0 Å². The van der Waals surface area contributed by atoms with Crippen molar-refractivity contribution in [3.8, 4) is 0 Å². The molecule has 128 valence electrons. The Morgan fingerprint density at radius 3 is 2.83 bits per heavy atom. The van der Waals surface area contributed by atoms with Gasteiger partial charge in [0.05, 0.1) is 4.90 Å². The Kier molecular flexibility index (Phi) is 5.67. The fourth-order valence-electron chi connectivity index (χ4n) is 3.09. The first kappa shape index (κ1) is 18.2. The van der Waals surface area contributed by atoms with Gasteiger partial charge >= 0.3 is 0 Å². The lowest BCUT2D eigenvalue weighted by molar-refractivity contribution is -0.116. The van der Waals surface area contributed by atoms with Crippen LogP contribution in [0.15, 0.2) is 23.1 Å². The first-order valence-corrected chi connectivity index (χ1v) is 9.10. The zero-order valence-electron chi connectivity index (χ0n) is 13.0. The van der Waals surface area contributed by atoms with Crippen LogP contribution in [0.3, 0.4) is 0 Å². The van der Waals surface area contributed by atoms with Gasteiger partial charge in [0.1, 0.15) is 0 Å². The van der Waals surface area contributed by atoms with E-state index in [2.05, 4.69) is 10.0 Å². The largest absolute Gasteiger partial charge is 0.315 e. The molecule has 1 unspecified atom stereocenters. The van der Waals surface area contributed by atoms with Gasteiger partial charge in [-0.05, 0) is 43.5 Å². The minimum absolute atomic E-state index is 0. The first-order valence-electron chi connectivity index (χ1n) is 7.61. The van der Waals surface area contributed by atoms with Crippen molar-refractivity contribution in [1.82, 2.24) is 10.0 Å². The summed E-state index contributed by atoms with van der Waals surface area (Å²) < 4.78 is 27.7. The maximum Gasteiger partial charge on any atom is 0.240 e. The Bertz CT molecular complexity index is 687. The summed E-state index contributed by atoms with van der Waals surface area (Å²) in [6, 6.07) is 5.02. The Morgan fingerprint density at radius 1 is 1.39 bits per heavy atom. The van der Waals surface area contributed by atoms with E-state index < -0.39 is 10.0 Å². The van der Waals surface area contributed by atoms with Crippen LogP contribution < -0.4 is 14.9 Å². The molecule has 1 amide bonds. The lowest BCUT2D eigenvalue weighted by Gasteiger charge is -2.29. The number of aryl methyl sites for hydroxylation is 1. The average Bonchev–Trinajstić information content (AvgIpc) is 2.98. The number of amides is 1. The van der Waals surface area contributed by atoms with E-state index in [0.717, 1.165) is 37.1 Å². The van der Waals surface area contributed by atoms with E-state index in [4.69, 9.17) is 0 Å². The summed E-state index contributed by atoms with van der Waals surface area (Å²) >= 11 is 0. The average molecular weight is 360 g/mol. The van der Waals surface area contributed by atoms with Gasteiger partial charge in [-0.2, -0.15) is 0 Å². The van der Waals surface area contributed by atoms with E-state index >= 15 is 0 Å². The van der Waals surface area contributed by atoms with Crippen LogP contribution in [0.25, 0.3) is 0 Å². The molecule has 0 radical (unpaired) electrons. The summed E-state index contributed by atoms with van der Waals surface area (Å²) in [4.78, 5) is 13.6. The van der Waals surface area contributed by atoms with E-state index in [9.17, 15) is 13.2 Å². The molecule has 2 aliphatic rings. The molecule has 1 atom stereocenters. The third-order valence-electron chi connectivity index (χ3n) is 4.25. The molecule has 0 aromatic heterocycles. The highest BCUT2D eigenvalue weighted by Gasteiger charge is 2.26. The van der Waals surface area contributed by atoms with Crippen LogP contribution in [0.4, 0.5) is 5.69 Å². The van der Waals surface area contributed by atoms with Crippen molar-refractivity contribution in [3.63, 3.8) is 0 Å². The van der Waals surface area contributed by atoms with Gasteiger partial charge in [0.2, 0.25) is 15.9 Å². The normalized spacial score (nSPS) is 20.7. The number of halogens is 1. The number of carbonyl (C=O) groups excluding carboxylic acids is 1. The Balaban J connectivity index is 0.00000192. The number of hydrogen-bond acceptors (Lipinski definition) is 4. The molecule has 2 N–H and O–H groups in total. The van der Waals surface area contributed by atoms with Crippen molar-refractivity contribution in [2.45, 2.75) is 37.1 Å². The zero-order valence-corrected chi connectivity index (χ0v) is 14.7. The van der Waals surface area contributed by atoms with Crippen LogP contribution in [-0.4, -0.2) is 40.0 Å². The van der Waals surface area contributed by atoms with E-state index in [-0.39, 0.29) is 29.3 Å². The van der Waals surface area contributed by atoms with Crippen LogP contribution in [0.5, 0.6) is 0 Å². The fraction of sp³-hybridized carbons (Fsp3) is 0.533. The number of sulfonamides is 1. The van der Waals surface area contributed by atoms with E-state index in [0.29, 0.717) is 13.1 Å². The second kappa shape index (κ2) is 7.17. The fourth-order valence-corrected chi connectivity index (χ4v) is 4.38. The first-order chi connectivity index (χ1) is 10.5. The number of anilines is 1. The highest BCUT2D eigenvalue weighted by molar-refractivity contribution is 7.89. The molecule has 3 rings (SSSR count). The molecule has 2 aliphatic heterocycles. The summed E-state index contributed by atoms with van der Waals surface area (Å²) in [6.45, 7) is 3.64. The van der Waals surface area contributed by atoms with E-state index in [1.165, 1.54) is 6.92 Å². The van der Waals surface area contributed by atoms with Crippen molar-refractivity contribution < 1.29 is 13.2 Å². The highest BCUT2D eigenvalue weighted by atomic mass is 35.5. The van der Waals surface area contributed by atoms with E-state index in [1.807, 2.05) is 6.07 Å². The maximum absolute atomic E-state index is 12.5. The number of rotatable bonds is 3. The zero-order chi connectivity index (χ0) is 15.7. The molecule has 1 aromatic rings. The number of nitrogens with zero attached hydrogens (tertiary/aromatic N) is 1. The molecule has 1 saturated heterocycles. The topological polar surface area (TPSA) is 78.5 Å². The van der Waals surface area contributed by atoms with Crippen molar-refractivity contribution in [2.24, 2.45) is 0 Å². The standard InChI is InChI=1S/C15H21N3O3S.ClH/c1-11(19)18-8-2-3-12-4-5-14(9-15(12)18)22(20,21)17-13-6-7-16-10-13;/h4-5,9,13,16-17H,2-3,6-8,10H2,1H3;1H. The number of hydrogen-bond donors (Lipinski definition) is 2. The van der Waals surface area contributed by atoms with Gasteiger partial charge in [0.25, 0.3) is 0 Å². The Labute approximate surface area is 143 Å². The highest BCUT2D eigenvalue weighted by Crippen LogP contribution is 2.30.